The number of hydrogen-bond donors (Lipinski definition) is 0. The van der Waals surface area contributed by atoms with E-state index in [9.17, 15) is 9.18 Å². The fraction of sp³-hybridized carbons (Fsp3) is 0.571. The van der Waals surface area contributed by atoms with Crippen molar-refractivity contribution in [2.24, 2.45) is 5.92 Å². The third kappa shape index (κ3) is 3.13. The van der Waals surface area contributed by atoms with E-state index in [4.69, 9.17) is 0 Å². The minimum atomic E-state index is -0.634. The van der Waals surface area contributed by atoms with Crippen molar-refractivity contribution in [3.05, 3.63) is 29.1 Å². The Morgan fingerprint density at radius 1 is 1.61 bits per heavy atom. The van der Waals surface area contributed by atoms with E-state index in [1.54, 1.807) is 12.3 Å². The average molecular weight is 250 g/mol. The quantitative estimate of drug-likeness (QED) is 0.770. The van der Waals surface area contributed by atoms with E-state index in [-0.39, 0.29) is 5.69 Å². The van der Waals surface area contributed by atoms with Gasteiger partial charge in [-0.2, -0.15) is 0 Å². The van der Waals surface area contributed by atoms with Gasteiger partial charge in [0.1, 0.15) is 12.4 Å². The molecule has 1 aliphatic heterocycles. The molecule has 0 spiro atoms. The Hall–Kier alpha value is -1.29. The first-order valence-electron chi connectivity index (χ1n) is 6.44. The number of hydrogen-bond acceptors (Lipinski definition) is 3. The van der Waals surface area contributed by atoms with Crippen molar-refractivity contribution >= 4 is 6.29 Å². The van der Waals surface area contributed by atoms with E-state index >= 15 is 0 Å². The summed E-state index contributed by atoms with van der Waals surface area (Å²) in [6.45, 7) is 4.59. The number of aromatic nitrogens is 1. The fourth-order valence-corrected chi connectivity index (χ4v) is 2.56. The molecule has 0 aromatic carbocycles. The molecule has 1 aromatic heterocycles. The molecule has 1 aliphatic rings. The van der Waals surface area contributed by atoms with Crippen molar-refractivity contribution in [3.63, 3.8) is 0 Å². The summed E-state index contributed by atoms with van der Waals surface area (Å²) in [6.07, 6.45) is 4.80. The molecule has 0 amide bonds. The van der Waals surface area contributed by atoms with Crippen molar-refractivity contribution in [2.45, 2.75) is 33.0 Å². The van der Waals surface area contributed by atoms with Gasteiger partial charge in [-0.05, 0) is 36.9 Å². The summed E-state index contributed by atoms with van der Waals surface area (Å²) < 4.78 is 12.8. The van der Waals surface area contributed by atoms with Crippen LogP contribution in [0.15, 0.2) is 12.3 Å². The van der Waals surface area contributed by atoms with E-state index in [0.29, 0.717) is 11.8 Å². The van der Waals surface area contributed by atoms with Crippen LogP contribution in [0.2, 0.25) is 0 Å². The zero-order valence-electron chi connectivity index (χ0n) is 10.7. The Balaban J connectivity index is 2.07. The molecule has 1 atom stereocenters. The first-order valence-corrected chi connectivity index (χ1v) is 6.44. The van der Waals surface area contributed by atoms with E-state index in [0.717, 1.165) is 31.1 Å². The topological polar surface area (TPSA) is 33.2 Å². The molecule has 2 heterocycles. The lowest BCUT2D eigenvalue weighted by molar-refractivity contribution is 0.111. The smallest absolute Gasteiger partial charge is 0.168 e. The summed E-state index contributed by atoms with van der Waals surface area (Å²) in [6, 6.07) is 1.76. The molecule has 0 unspecified atom stereocenters. The normalized spacial score (nSPS) is 20.9. The lowest BCUT2D eigenvalue weighted by Crippen LogP contribution is -2.33. The Morgan fingerprint density at radius 2 is 2.44 bits per heavy atom. The highest BCUT2D eigenvalue weighted by Gasteiger charge is 2.16. The summed E-state index contributed by atoms with van der Waals surface area (Å²) in [5.74, 6) is 0.724. The fourth-order valence-electron chi connectivity index (χ4n) is 2.56. The molecule has 0 saturated carbocycles. The van der Waals surface area contributed by atoms with Crippen molar-refractivity contribution in [1.29, 1.82) is 0 Å². The minimum absolute atomic E-state index is 0.216. The second-order valence-electron chi connectivity index (χ2n) is 5.12. The molecule has 2 rings (SSSR count). The minimum Gasteiger partial charge on any atom is -0.299 e. The number of carbonyl (C=O) groups excluding carboxylic acids is 1. The van der Waals surface area contributed by atoms with Crippen LogP contribution in [-0.4, -0.2) is 29.3 Å². The number of aldehydes is 1. The van der Waals surface area contributed by atoms with Crippen LogP contribution in [0.3, 0.4) is 0 Å². The van der Waals surface area contributed by atoms with E-state index in [1.165, 1.54) is 12.8 Å². The third-order valence-corrected chi connectivity index (χ3v) is 3.46. The van der Waals surface area contributed by atoms with Gasteiger partial charge in [-0.3, -0.25) is 14.7 Å². The second kappa shape index (κ2) is 6.05. The Morgan fingerprint density at radius 3 is 3.11 bits per heavy atom. The molecule has 3 nitrogen and oxygen atoms in total. The van der Waals surface area contributed by atoms with Crippen LogP contribution in [0.5, 0.6) is 0 Å². The van der Waals surface area contributed by atoms with Crippen LogP contribution >= 0.6 is 0 Å². The highest BCUT2D eigenvalue weighted by molar-refractivity contribution is 5.74. The number of pyridine rings is 1. The van der Waals surface area contributed by atoms with Gasteiger partial charge in [0.25, 0.3) is 0 Å². The maximum absolute atomic E-state index is 12.8. The number of halogens is 1. The number of alkyl halides is 1. The Bertz CT molecular complexity index is 422. The molecule has 0 radical (unpaired) electrons. The van der Waals surface area contributed by atoms with E-state index < -0.39 is 6.67 Å². The maximum Gasteiger partial charge on any atom is 0.168 e. The number of likely N-dealkylation sites (tertiary alicyclic amines) is 1. The van der Waals surface area contributed by atoms with E-state index in [2.05, 4.69) is 16.8 Å². The lowest BCUT2D eigenvalue weighted by atomic mass is 10.00. The van der Waals surface area contributed by atoms with Gasteiger partial charge < -0.3 is 0 Å². The van der Waals surface area contributed by atoms with Gasteiger partial charge in [-0.15, -0.1) is 0 Å². The molecule has 0 bridgehead atoms. The largest absolute Gasteiger partial charge is 0.299 e. The summed E-state index contributed by atoms with van der Waals surface area (Å²) in [7, 11) is 0. The van der Waals surface area contributed by atoms with Crippen molar-refractivity contribution < 1.29 is 9.18 Å². The van der Waals surface area contributed by atoms with Gasteiger partial charge in [-0.25, -0.2) is 4.39 Å². The molecule has 1 saturated heterocycles. The predicted octanol–water partition coefficient (Wildman–Crippen LogP) is 2.60. The zero-order valence-corrected chi connectivity index (χ0v) is 10.7. The molecular weight excluding hydrogens is 231 g/mol. The Labute approximate surface area is 107 Å². The molecular formula is C14H19FN2O. The number of nitrogens with zero attached hydrogens (tertiary/aromatic N) is 2. The Kier molecular flexibility index (Phi) is 4.42. The standard InChI is InChI=1S/C14H19FN2O/c1-11-3-2-4-17(8-11)9-12-5-13(6-15)14(10-18)16-7-12/h5,7,10-11H,2-4,6,8-9H2,1H3/t11-/m0/s1. The second-order valence-corrected chi connectivity index (χ2v) is 5.12. The van der Waals surface area contributed by atoms with Crippen LogP contribution in [-0.2, 0) is 13.2 Å². The first-order chi connectivity index (χ1) is 8.72. The van der Waals surface area contributed by atoms with Gasteiger partial charge in [-0.1, -0.05) is 6.92 Å². The van der Waals surface area contributed by atoms with Crippen LogP contribution in [0.4, 0.5) is 4.39 Å². The molecule has 0 N–H and O–H groups in total. The van der Waals surface area contributed by atoms with E-state index in [1.807, 2.05) is 0 Å². The summed E-state index contributed by atoms with van der Waals surface area (Å²) in [5, 5.41) is 0. The number of rotatable bonds is 4. The van der Waals surface area contributed by atoms with Crippen LogP contribution in [0.25, 0.3) is 0 Å². The molecule has 98 valence electrons. The van der Waals surface area contributed by atoms with Crippen LogP contribution in [0, 0.1) is 5.92 Å². The van der Waals surface area contributed by atoms with Crippen molar-refractivity contribution in [3.8, 4) is 0 Å². The lowest BCUT2D eigenvalue weighted by Gasteiger charge is -2.30. The number of carbonyl (C=O) groups is 1. The van der Waals surface area contributed by atoms with Gasteiger partial charge in [0.2, 0.25) is 0 Å². The van der Waals surface area contributed by atoms with Crippen molar-refractivity contribution in [1.82, 2.24) is 9.88 Å². The molecule has 1 fully saturated rings. The SMILES string of the molecule is C[C@H]1CCCN(Cc2cnc(C=O)c(CF)c2)C1. The van der Waals surface area contributed by atoms with Gasteiger partial charge in [0, 0.05) is 24.8 Å². The highest BCUT2D eigenvalue weighted by atomic mass is 19.1. The summed E-state index contributed by atoms with van der Waals surface area (Å²) in [4.78, 5) is 17.1. The molecule has 18 heavy (non-hydrogen) atoms. The van der Waals surface area contributed by atoms with Crippen LogP contribution < -0.4 is 0 Å². The van der Waals surface area contributed by atoms with Gasteiger partial charge in [0.15, 0.2) is 6.29 Å². The van der Waals surface area contributed by atoms with Crippen LogP contribution in [0.1, 0.15) is 41.4 Å². The maximum atomic E-state index is 12.8. The summed E-state index contributed by atoms with van der Waals surface area (Å²) >= 11 is 0. The average Bonchev–Trinajstić information content (AvgIpc) is 2.38. The monoisotopic (exact) mass is 250 g/mol. The van der Waals surface area contributed by atoms with Gasteiger partial charge >= 0.3 is 0 Å². The molecule has 1 aromatic rings. The zero-order chi connectivity index (χ0) is 13.0. The predicted molar refractivity (Wildman–Crippen MR) is 68.1 cm³/mol. The third-order valence-electron chi connectivity index (χ3n) is 3.46. The first kappa shape index (κ1) is 13.1. The molecule has 4 heteroatoms. The van der Waals surface area contributed by atoms with Crippen molar-refractivity contribution in [2.75, 3.05) is 13.1 Å². The summed E-state index contributed by atoms with van der Waals surface area (Å²) in [5.41, 5.74) is 1.60. The molecule has 0 aliphatic carbocycles. The highest BCUT2D eigenvalue weighted by Crippen LogP contribution is 2.18. The number of piperidine rings is 1. The van der Waals surface area contributed by atoms with Gasteiger partial charge in [0.05, 0.1) is 0 Å².